The molecule has 0 radical (unpaired) electrons. The van der Waals surface area contributed by atoms with Gasteiger partial charge >= 0.3 is 0 Å². The standard InChI is InChI=1S/C23H30ClN3O3S/c1-15(21(28)26(2)17-7-4-3-5-8-17)31-23-25-20-13-16(24)10-11-19(20)22(29)27(23)14-18-9-6-12-30-18/h10-11,13,15,17-18H,3-9,12,14H2,1-2H3/t15-,18+/m0/s1. The van der Waals surface area contributed by atoms with E-state index < -0.39 is 0 Å². The summed E-state index contributed by atoms with van der Waals surface area (Å²) in [6.07, 6.45) is 7.66. The molecule has 1 aliphatic carbocycles. The number of ether oxygens (including phenoxy) is 1. The van der Waals surface area contributed by atoms with Crippen LogP contribution >= 0.6 is 23.4 Å². The van der Waals surface area contributed by atoms with Crippen LogP contribution in [0.5, 0.6) is 0 Å². The fourth-order valence-electron chi connectivity index (χ4n) is 4.56. The van der Waals surface area contributed by atoms with Crippen molar-refractivity contribution in [2.45, 2.75) is 81.0 Å². The SMILES string of the molecule is C[C@H](Sc1nc2cc(Cl)ccc2c(=O)n1C[C@H]1CCCO1)C(=O)N(C)C1CCCCC1. The summed E-state index contributed by atoms with van der Waals surface area (Å²) in [4.78, 5) is 33.1. The van der Waals surface area contributed by atoms with Crippen molar-refractivity contribution >= 4 is 40.2 Å². The van der Waals surface area contributed by atoms with Gasteiger partial charge < -0.3 is 9.64 Å². The van der Waals surface area contributed by atoms with Crippen LogP contribution in [0.15, 0.2) is 28.2 Å². The van der Waals surface area contributed by atoms with Gasteiger partial charge in [0.25, 0.3) is 5.56 Å². The Morgan fingerprint density at radius 2 is 2.06 bits per heavy atom. The molecule has 2 heterocycles. The maximum absolute atomic E-state index is 13.3. The van der Waals surface area contributed by atoms with E-state index in [1.165, 1.54) is 31.0 Å². The third kappa shape index (κ3) is 5.10. The Balaban J connectivity index is 1.62. The summed E-state index contributed by atoms with van der Waals surface area (Å²) in [5, 5.41) is 1.28. The Bertz CT molecular complexity index is 999. The van der Waals surface area contributed by atoms with Gasteiger partial charge in [-0.3, -0.25) is 14.2 Å². The number of halogens is 1. The minimum atomic E-state index is -0.341. The molecule has 1 aromatic carbocycles. The highest BCUT2D eigenvalue weighted by Gasteiger charge is 2.28. The minimum absolute atomic E-state index is 0.000444. The quantitative estimate of drug-likeness (QED) is 0.466. The van der Waals surface area contributed by atoms with Crippen LogP contribution in [-0.4, -0.2) is 51.4 Å². The van der Waals surface area contributed by atoms with Crippen LogP contribution < -0.4 is 5.56 Å². The highest BCUT2D eigenvalue weighted by atomic mass is 35.5. The highest BCUT2D eigenvalue weighted by molar-refractivity contribution is 8.00. The number of benzene rings is 1. The van der Waals surface area contributed by atoms with E-state index in [1.54, 1.807) is 22.8 Å². The summed E-state index contributed by atoms with van der Waals surface area (Å²) in [5.74, 6) is 0.0843. The molecule has 0 spiro atoms. The van der Waals surface area contributed by atoms with Gasteiger partial charge in [-0.05, 0) is 50.8 Å². The highest BCUT2D eigenvalue weighted by Crippen LogP contribution is 2.28. The first-order chi connectivity index (χ1) is 14.9. The number of fused-ring (bicyclic) bond motifs is 1. The predicted molar refractivity (Wildman–Crippen MR) is 125 cm³/mol. The molecule has 1 aromatic heterocycles. The first-order valence-corrected chi connectivity index (χ1v) is 12.4. The predicted octanol–water partition coefficient (Wildman–Crippen LogP) is 4.50. The summed E-state index contributed by atoms with van der Waals surface area (Å²) in [7, 11) is 1.91. The Kier molecular flexibility index (Phi) is 7.24. The van der Waals surface area contributed by atoms with Crippen LogP contribution in [0.1, 0.15) is 51.9 Å². The zero-order valence-corrected chi connectivity index (χ0v) is 19.8. The van der Waals surface area contributed by atoms with Crippen molar-refractivity contribution in [1.29, 1.82) is 0 Å². The molecule has 1 saturated carbocycles. The molecule has 2 fully saturated rings. The van der Waals surface area contributed by atoms with Crippen molar-refractivity contribution in [3.05, 3.63) is 33.6 Å². The van der Waals surface area contributed by atoms with Gasteiger partial charge in [-0.2, -0.15) is 0 Å². The molecule has 6 nitrogen and oxygen atoms in total. The van der Waals surface area contributed by atoms with Crippen molar-refractivity contribution in [1.82, 2.24) is 14.5 Å². The van der Waals surface area contributed by atoms with Crippen LogP contribution in [0.3, 0.4) is 0 Å². The summed E-state index contributed by atoms with van der Waals surface area (Å²) in [5.41, 5.74) is 0.448. The maximum atomic E-state index is 13.3. The monoisotopic (exact) mass is 463 g/mol. The number of thioether (sulfide) groups is 1. The van der Waals surface area contributed by atoms with E-state index in [0.717, 1.165) is 32.3 Å². The molecule has 168 valence electrons. The average molecular weight is 464 g/mol. The lowest BCUT2D eigenvalue weighted by Gasteiger charge is -2.32. The molecule has 0 N–H and O–H groups in total. The Morgan fingerprint density at radius 3 is 2.77 bits per heavy atom. The number of amides is 1. The minimum Gasteiger partial charge on any atom is -0.376 e. The van der Waals surface area contributed by atoms with Gasteiger partial charge in [0.1, 0.15) is 0 Å². The van der Waals surface area contributed by atoms with E-state index in [4.69, 9.17) is 21.3 Å². The molecule has 0 bridgehead atoms. The molecular weight excluding hydrogens is 434 g/mol. The van der Waals surface area contributed by atoms with Gasteiger partial charge in [0.2, 0.25) is 5.91 Å². The normalized spacial score (nSPS) is 20.8. The van der Waals surface area contributed by atoms with Gasteiger partial charge in [0.15, 0.2) is 5.16 Å². The first kappa shape index (κ1) is 22.6. The molecule has 0 unspecified atom stereocenters. The molecule has 31 heavy (non-hydrogen) atoms. The lowest BCUT2D eigenvalue weighted by molar-refractivity contribution is -0.131. The van der Waals surface area contributed by atoms with Gasteiger partial charge in [0.05, 0.1) is 28.8 Å². The van der Waals surface area contributed by atoms with E-state index in [0.29, 0.717) is 33.7 Å². The zero-order chi connectivity index (χ0) is 22.0. The molecule has 1 saturated heterocycles. The number of carbonyl (C=O) groups is 1. The molecular formula is C23H30ClN3O3S. The fourth-order valence-corrected chi connectivity index (χ4v) is 5.75. The van der Waals surface area contributed by atoms with Crippen molar-refractivity contribution in [2.24, 2.45) is 0 Å². The van der Waals surface area contributed by atoms with Crippen molar-refractivity contribution in [3.63, 3.8) is 0 Å². The van der Waals surface area contributed by atoms with E-state index >= 15 is 0 Å². The van der Waals surface area contributed by atoms with Crippen molar-refractivity contribution < 1.29 is 9.53 Å². The number of nitrogens with zero attached hydrogens (tertiary/aromatic N) is 3. The van der Waals surface area contributed by atoms with Crippen LogP contribution in [0.4, 0.5) is 0 Å². The molecule has 2 aliphatic rings. The van der Waals surface area contributed by atoms with Gasteiger partial charge in [-0.15, -0.1) is 0 Å². The van der Waals surface area contributed by atoms with E-state index in [2.05, 4.69) is 0 Å². The number of hydrogen-bond acceptors (Lipinski definition) is 5. The molecule has 4 rings (SSSR count). The second-order valence-electron chi connectivity index (χ2n) is 8.61. The number of rotatable bonds is 6. The largest absolute Gasteiger partial charge is 0.376 e. The van der Waals surface area contributed by atoms with Crippen LogP contribution in [0.2, 0.25) is 5.02 Å². The van der Waals surface area contributed by atoms with Crippen molar-refractivity contribution in [2.75, 3.05) is 13.7 Å². The summed E-state index contributed by atoms with van der Waals surface area (Å²) in [6, 6.07) is 5.45. The molecule has 1 aliphatic heterocycles. The number of hydrogen-bond donors (Lipinski definition) is 0. The third-order valence-corrected chi connectivity index (χ3v) is 7.71. The van der Waals surface area contributed by atoms with Crippen LogP contribution in [-0.2, 0) is 16.1 Å². The van der Waals surface area contributed by atoms with Gasteiger partial charge in [0, 0.05) is 24.7 Å². The van der Waals surface area contributed by atoms with Gasteiger partial charge in [-0.25, -0.2) is 4.98 Å². The Hall–Kier alpha value is -1.57. The van der Waals surface area contributed by atoms with Crippen LogP contribution in [0.25, 0.3) is 10.9 Å². The summed E-state index contributed by atoms with van der Waals surface area (Å²) in [6.45, 7) is 3.07. The Morgan fingerprint density at radius 1 is 1.29 bits per heavy atom. The molecule has 8 heteroatoms. The van der Waals surface area contributed by atoms with Crippen molar-refractivity contribution in [3.8, 4) is 0 Å². The lowest BCUT2D eigenvalue weighted by atomic mass is 9.94. The van der Waals surface area contributed by atoms with Crippen LogP contribution in [0, 0.1) is 0 Å². The summed E-state index contributed by atoms with van der Waals surface area (Å²) < 4.78 is 7.46. The number of carbonyl (C=O) groups excluding carboxylic acids is 1. The average Bonchev–Trinajstić information content (AvgIpc) is 3.29. The lowest BCUT2D eigenvalue weighted by Crippen LogP contribution is -2.42. The van der Waals surface area contributed by atoms with E-state index in [1.807, 2.05) is 18.9 Å². The van der Waals surface area contributed by atoms with Gasteiger partial charge in [-0.1, -0.05) is 42.6 Å². The second-order valence-corrected chi connectivity index (χ2v) is 10.4. The smallest absolute Gasteiger partial charge is 0.262 e. The zero-order valence-electron chi connectivity index (χ0n) is 18.2. The number of aromatic nitrogens is 2. The molecule has 1 amide bonds. The van der Waals surface area contributed by atoms with E-state index in [9.17, 15) is 9.59 Å². The van der Waals surface area contributed by atoms with E-state index in [-0.39, 0.29) is 22.8 Å². The summed E-state index contributed by atoms with van der Waals surface area (Å²) >= 11 is 7.50. The first-order valence-electron chi connectivity index (χ1n) is 11.2. The molecule has 2 atom stereocenters. The second kappa shape index (κ2) is 9.92. The topological polar surface area (TPSA) is 64.4 Å². The fraction of sp³-hybridized carbons (Fsp3) is 0.609. The maximum Gasteiger partial charge on any atom is 0.262 e. The Labute approximate surface area is 192 Å². The molecule has 2 aromatic rings. The third-order valence-electron chi connectivity index (χ3n) is 6.39.